The van der Waals surface area contributed by atoms with Gasteiger partial charge in [0.2, 0.25) is 5.91 Å². The number of methoxy groups -OCH3 is 1. The Balaban J connectivity index is 1.55. The molecule has 1 amide bonds. The van der Waals surface area contributed by atoms with Crippen LogP contribution in [0.25, 0.3) is 11.4 Å². The van der Waals surface area contributed by atoms with E-state index < -0.39 is 5.25 Å². The van der Waals surface area contributed by atoms with Crippen molar-refractivity contribution >= 4 is 23.5 Å². The lowest BCUT2D eigenvalue weighted by molar-refractivity contribution is -0.115. The minimum atomic E-state index is -0.409. The predicted octanol–water partition coefficient (Wildman–Crippen LogP) is 3.55. The molecule has 1 aromatic carbocycles. The number of hydrogen-bond acceptors (Lipinski definition) is 8. The van der Waals surface area contributed by atoms with Gasteiger partial charge in [0.15, 0.2) is 16.8 Å². The number of anilines is 1. The maximum Gasteiger partial charge on any atom is 0.238 e. The molecule has 2 atom stereocenters. The van der Waals surface area contributed by atoms with Gasteiger partial charge in [-0.2, -0.15) is 0 Å². The second-order valence-electron chi connectivity index (χ2n) is 7.35. The van der Waals surface area contributed by atoms with Gasteiger partial charge >= 0.3 is 0 Å². The Morgan fingerprint density at radius 2 is 2.16 bits per heavy atom. The van der Waals surface area contributed by atoms with Crippen molar-refractivity contribution in [2.24, 2.45) is 0 Å². The highest BCUT2D eigenvalue weighted by Gasteiger charge is 2.25. The molecule has 4 rings (SSSR count). The summed E-state index contributed by atoms with van der Waals surface area (Å²) >= 11 is 1.35. The van der Waals surface area contributed by atoms with E-state index in [1.807, 2.05) is 35.8 Å². The SMILES string of the molecule is COc1ccc(-c2nnc(SC(C)C(=O)Nc3cc(C)on3)n2CC2CCCO2)cc1. The van der Waals surface area contributed by atoms with Crippen LogP contribution in [0.3, 0.4) is 0 Å². The van der Waals surface area contributed by atoms with Crippen LogP contribution in [0.4, 0.5) is 5.82 Å². The quantitative estimate of drug-likeness (QED) is 0.527. The van der Waals surface area contributed by atoms with Gasteiger partial charge in [-0.1, -0.05) is 16.9 Å². The minimum Gasteiger partial charge on any atom is -0.497 e. The molecule has 1 N–H and O–H groups in total. The van der Waals surface area contributed by atoms with Crippen molar-refractivity contribution in [3.05, 3.63) is 36.1 Å². The van der Waals surface area contributed by atoms with E-state index in [9.17, 15) is 4.79 Å². The van der Waals surface area contributed by atoms with Crippen LogP contribution < -0.4 is 10.1 Å². The lowest BCUT2D eigenvalue weighted by Gasteiger charge is -2.16. The summed E-state index contributed by atoms with van der Waals surface area (Å²) in [7, 11) is 1.64. The van der Waals surface area contributed by atoms with E-state index in [1.165, 1.54) is 11.8 Å². The van der Waals surface area contributed by atoms with Crippen LogP contribution in [0.1, 0.15) is 25.5 Å². The number of nitrogens with zero attached hydrogens (tertiary/aromatic N) is 4. The van der Waals surface area contributed by atoms with Gasteiger partial charge in [-0.05, 0) is 51.0 Å². The zero-order chi connectivity index (χ0) is 21.8. The molecule has 10 heteroatoms. The molecule has 3 heterocycles. The van der Waals surface area contributed by atoms with Crippen LogP contribution in [-0.2, 0) is 16.1 Å². The highest BCUT2D eigenvalue weighted by molar-refractivity contribution is 8.00. The second kappa shape index (κ2) is 9.52. The average molecular weight is 444 g/mol. The normalized spacial score (nSPS) is 16.9. The van der Waals surface area contributed by atoms with E-state index in [0.717, 1.165) is 36.6 Å². The van der Waals surface area contributed by atoms with Crippen molar-refractivity contribution in [1.82, 2.24) is 19.9 Å². The summed E-state index contributed by atoms with van der Waals surface area (Å²) in [6, 6.07) is 9.36. The fourth-order valence-electron chi connectivity index (χ4n) is 3.35. The smallest absolute Gasteiger partial charge is 0.238 e. The highest BCUT2D eigenvalue weighted by Crippen LogP contribution is 2.30. The lowest BCUT2D eigenvalue weighted by atomic mass is 10.2. The van der Waals surface area contributed by atoms with Gasteiger partial charge in [0.05, 0.1) is 25.0 Å². The van der Waals surface area contributed by atoms with Crippen molar-refractivity contribution in [1.29, 1.82) is 0 Å². The number of aryl methyl sites for hydroxylation is 1. The number of nitrogens with one attached hydrogen (secondary N) is 1. The van der Waals surface area contributed by atoms with Gasteiger partial charge in [0.1, 0.15) is 11.5 Å². The van der Waals surface area contributed by atoms with Crippen LogP contribution in [0.5, 0.6) is 5.75 Å². The number of benzene rings is 1. The Bertz CT molecular complexity index is 1030. The molecule has 0 bridgehead atoms. The van der Waals surface area contributed by atoms with Gasteiger partial charge in [-0.15, -0.1) is 10.2 Å². The van der Waals surface area contributed by atoms with Gasteiger partial charge in [0.25, 0.3) is 0 Å². The second-order valence-corrected chi connectivity index (χ2v) is 8.66. The minimum absolute atomic E-state index is 0.106. The van der Waals surface area contributed by atoms with E-state index in [0.29, 0.717) is 23.3 Å². The molecule has 1 saturated heterocycles. The Morgan fingerprint density at radius 1 is 1.35 bits per heavy atom. The zero-order valence-electron chi connectivity index (χ0n) is 17.7. The molecular formula is C21H25N5O4S. The number of carbonyl (C=O) groups excluding carboxylic acids is 1. The van der Waals surface area contributed by atoms with Crippen LogP contribution in [0.15, 0.2) is 40.0 Å². The largest absolute Gasteiger partial charge is 0.497 e. The number of rotatable bonds is 8. The Morgan fingerprint density at radius 3 is 2.81 bits per heavy atom. The van der Waals surface area contributed by atoms with Gasteiger partial charge < -0.3 is 19.3 Å². The zero-order valence-corrected chi connectivity index (χ0v) is 18.5. The van der Waals surface area contributed by atoms with E-state index in [2.05, 4.69) is 20.7 Å². The fourth-order valence-corrected chi connectivity index (χ4v) is 4.21. The van der Waals surface area contributed by atoms with Crippen molar-refractivity contribution in [2.45, 2.75) is 49.7 Å². The Labute approximate surface area is 184 Å². The lowest BCUT2D eigenvalue weighted by Crippen LogP contribution is -2.23. The molecule has 1 aliphatic rings. The molecular weight excluding hydrogens is 418 g/mol. The third-order valence-electron chi connectivity index (χ3n) is 5.01. The van der Waals surface area contributed by atoms with Crippen molar-refractivity contribution in [3.63, 3.8) is 0 Å². The molecule has 2 unspecified atom stereocenters. The maximum absolute atomic E-state index is 12.6. The number of amides is 1. The number of carbonyl (C=O) groups is 1. The molecule has 9 nitrogen and oxygen atoms in total. The van der Waals surface area contributed by atoms with E-state index >= 15 is 0 Å². The standard InChI is InChI=1S/C21H25N5O4S/c1-13-11-18(25-30-13)22-20(27)14(2)31-21-24-23-19(15-6-8-16(28-3)9-7-15)26(21)12-17-5-4-10-29-17/h6-9,11,14,17H,4-5,10,12H2,1-3H3,(H,22,25,27). The monoisotopic (exact) mass is 443 g/mol. The summed E-state index contributed by atoms with van der Waals surface area (Å²) in [5, 5.41) is 15.6. The van der Waals surface area contributed by atoms with Crippen molar-refractivity contribution in [2.75, 3.05) is 19.0 Å². The molecule has 164 valence electrons. The molecule has 0 saturated carbocycles. The summed E-state index contributed by atoms with van der Waals surface area (Å²) in [6.07, 6.45) is 2.14. The maximum atomic E-state index is 12.6. The highest BCUT2D eigenvalue weighted by atomic mass is 32.2. The molecule has 31 heavy (non-hydrogen) atoms. The van der Waals surface area contributed by atoms with E-state index in [1.54, 1.807) is 20.1 Å². The molecule has 2 aromatic heterocycles. The summed E-state index contributed by atoms with van der Waals surface area (Å²) < 4.78 is 18.1. The first-order chi connectivity index (χ1) is 15.0. The number of aromatic nitrogens is 4. The summed E-state index contributed by atoms with van der Waals surface area (Å²) in [6.45, 7) is 5.00. The molecule has 3 aromatic rings. The molecule has 0 radical (unpaired) electrons. The summed E-state index contributed by atoms with van der Waals surface area (Å²) in [4.78, 5) is 12.6. The first-order valence-corrected chi connectivity index (χ1v) is 11.0. The van der Waals surface area contributed by atoms with Crippen molar-refractivity contribution < 1.29 is 18.8 Å². The first kappa shape index (κ1) is 21.4. The summed E-state index contributed by atoms with van der Waals surface area (Å²) in [5.41, 5.74) is 0.924. The van der Waals surface area contributed by atoms with E-state index in [4.69, 9.17) is 14.0 Å². The fraction of sp³-hybridized carbons (Fsp3) is 0.429. The third-order valence-corrected chi connectivity index (χ3v) is 6.09. The molecule has 1 fully saturated rings. The van der Waals surface area contributed by atoms with Crippen molar-refractivity contribution in [3.8, 4) is 17.1 Å². The van der Waals surface area contributed by atoms with Gasteiger partial charge in [-0.25, -0.2) is 0 Å². The number of thioether (sulfide) groups is 1. The van der Waals surface area contributed by atoms with Crippen LogP contribution >= 0.6 is 11.8 Å². The Hall–Kier alpha value is -2.85. The van der Waals surface area contributed by atoms with Crippen LogP contribution in [-0.4, -0.2) is 50.9 Å². The molecule has 1 aliphatic heterocycles. The topological polar surface area (TPSA) is 104 Å². The number of hydrogen-bond donors (Lipinski definition) is 1. The van der Waals surface area contributed by atoms with Crippen LogP contribution in [0.2, 0.25) is 0 Å². The van der Waals surface area contributed by atoms with Crippen LogP contribution in [0, 0.1) is 6.92 Å². The van der Waals surface area contributed by atoms with E-state index in [-0.39, 0.29) is 12.0 Å². The first-order valence-electron chi connectivity index (χ1n) is 10.1. The predicted molar refractivity (Wildman–Crippen MR) is 116 cm³/mol. The Kier molecular flexibility index (Phi) is 6.57. The van der Waals surface area contributed by atoms with Gasteiger partial charge in [-0.3, -0.25) is 9.36 Å². The average Bonchev–Trinajstić information content (AvgIpc) is 3.51. The summed E-state index contributed by atoms with van der Waals surface area (Å²) in [5.74, 6) is 2.36. The third kappa shape index (κ3) is 5.08. The molecule has 0 spiro atoms. The molecule has 0 aliphatic carbocycles. The number of ether oxygens (including phenoxy) is 2. The van der Waals surface area contributed by atoms with Gasteiger partial charge in [0, 0.05) is 18.2 Å².